The Kier molecular flexibility index (Phi) is 5.83. The van der Waals surface area contributed by atoms with Crippen molar-refractivity contribution in [1.29, 1.82) is 0 Å². The van der Waals surface area contributed by atoms with Gasteiger partial charge < -0.3 is 15.4 Å². The highest BCUT2D eigenvalue weighted by molar-refractivity contribution is 4.76. The van der Waals surface area contributed by atoms with E-state index in [2.05, 4.69) is 24.1 Å². The molecule has 1 heterocycles. The molecule has 14 heavy (non-hydrogen) atoms. The van der Waals surface area contributed by atoms with Gasteiger partial charge >= 0.3 is 0 Å². The summed E-state index contributed by atoms with van der Waals surface area (Å²) in [5, 5.41) is 6.78. The maximum absolute atomic E-state index is 5.35. The molecule has 3 heteroatoms. The molecule has 1 aliphatic heterocycles. The third kappa shape index (κ3) is 4.22. The molecule has 1 rings (SSSR count). The lowest BCUT2D eigenvalue weighted by Gasteiger charge is -2.19. The van der Waals surface area contributed by atoms with Crippen LogP contribution in [-0.2, 0) is 4.74 Å². The molecule has 0 spiro atoms. The van der Waals surface area contributed by atoms with Crippen molar-refractivity contribution in [3.63, 3.8) is 0 Å². The molecule has 0 radical (unpaired) electrons. The van der Waals surface area contributed by atoms with E-state index in [0.717, 1.165) is 32.8 Å². The van der Waals surface area contributed by atoms with Crippen LogP contribution in [0, 0.1) is 5.92 Å². The van der Waals surface area contributed by atoms with Crippen LogP contribution in [0.5, 0.6) is 0 Å². The second-order valence-corrected chi connectivity index (χ2v) is 3.86. The van der Waals surface area contributed by atoms with Gasteiger partial charge in [0, 0.05) is 32.3 Å². The number of rotatable bonds is 7. The van der Waals surface area contributed by atoms with Gasteiger partial charge in [-0.1, -0.05) is 6.08 Å². The van der Waals surface area contributed by atoms with Crippen molar-refractivity contribution in [1.82, 2.24) is 10.6 Å². The van der Waals surface area contributed by atoms with Crippen molar-refractivity contribution in [3.8, 4) is 0 Å². The smallest absolute Gasteiger partial charge is 0.0509 e. The Morgan fingerprint density at radius 3 is 3.07 bits per heavy atom. The number of hydrogen-bond donors (Lipinski definition) is 2. The van der Waals surface area contributed by atoms with Crippen LogP contribution < -0.4 is 10.6 Å². The van der Waals surface area contributed by atoms with Gasteiger partial charge in [0.15, 0.2) is 0 Å². The topological polar surface area (TPSA) is 33.3 Å². The molecule has 2 unspecified atom stereocenters. The molecule has 0 amide bonds. The predicted octanol–water partition coefficient (Wildman–Crippen LogP) is 0.777. The molecule has 1 aliphatic rings. The Hall–Kier alpha value is -0.380. The highest BCUT2D eigenvalue weighted by Crippen LogP contribution is 2.15. The minimum Gasteiger partial charge on any atom is -0.381 e. The fraction of sp³-hybridized carbons (Fsp3) is 0.818. The van der Waals surface area contributed by atoms with Crippen LogP contribution in [0.3, 0.4) is 0 Å². The van der Waals surface area contributed by atoms with Gasteiger partial charge in [-0.25, -0.2) is 0 Å². The third-order valence-corrected chi connectivity index (χ3v) is 2.73. The first-order chi connectivity index (χ1) is 6.84. The third-order valence-electron chi connectivity index (χ3n) is 2.73. The number of ether oxygens (including phenoxy) is 1. The zero-order valence-electron chi connectivity index (χ0n) is 9.09. The zero-order valence-corrected chi connectivity index (χ0v) is 9.09. The van der Waals surface area contributed by atoms with E-state index < -0.39 is 0 Å². The summed E-state index contributed by atoms with van der Waals surface area (Å²) in [5.41, 5.74) is 0. The molecule has 82 valence electrons. The molecule has 2 N–H and O–H groups in total. The summed E-state index contributed by atoms with van der Waals surface area (Å²) in [7, 11) is 0. The monoisotopic (exact) mass is 198 g/mol. The summed E-state index contributed by atoms with van der Waals surface area (Å²) >= 11 is 0. The molecule has 0 aromatic carbocycles. The summed E-state index contributed by atoms with van der Waals surface area (Å²) in [6, 6.07) is 0.572. The van der Waals surface area contributed by atoms with Crippen LogP contribution in [-0.4, -0.2) is 38.9 Å². The standard InChI is InChI=1S/C11H22N2O/c1-3-5-12-6-7-13-10(2)11-4-8-14-9-11/h3,10-13H,1,4-9H2,2H3. The fourth-order valence-electron chi connectivity index (χ4n) is 1.71. The fourth-order valence-corrected chi connectivity index (χ4v) is 1.71. The summed E-state index contributed by atoms with van der Waals surface area (Å²) < 4.78 is 5.35. The second kappa shape index (κ2) is 6.98. The maximum Gasteiger partial charge on any atom is 0.0509 e. The molecule has 0 aromatic heterocycles. The first kappa shape index (κ1) is 11.7. The summed E-state index contributed by atoms with van der Waals surface area (Å²) in [4.78, 5) is 0. The average Bonchev–Trinajstić information content (AvgIpc) is 2.70. The van der Waals surface area contributed by atoms with Crippen LogP contribution in [0.4, 0.5) is 0 Å². The lowest BCUT2D eigenvalue weighted by atomic mass is 10.0. The van der Waals surface area contributed by atoms with Crippen molar-refractivity contribution in [2.45, 2.75) is 19.4 Å². The zero-order chi connectivity index (χ0) is 10.2. The van der Waals surface area contributed by atoms with Crippen LogP contribution in [0.25, 0.3) is 0 Å². The van der Waals surface area contributed by atoms with Crippen molar-refractivity contribution >= 4 is 0 Å². The molecule has 1 fully saturated rings. The van der Waals surface area contributed by atoms with E-state index in [0.29, 0.717) is 12.0 Å². The molecule has 1 saturated heterocycles. The van der Waals surface area contributed by atoms with Crippen LogP contribution >= 0.6 is 0 Å². The van der Waals surface area contributed by atoms with E-state index in [1.165, 1.54) is 6.42 Å². The van der Waals surface area contributed by atoms with Crippen molar-refractivity contribution < 1.29 is 4.74 Å². The normalized spacial score (nSPS) is 23.6. The Morgan fingerprint density at radius 2 is 2.43 bits per heavy atom. The molecular weight excluding hydrogens is 176 g/mol. The van der Waals surface area contributed by atoms with Gasteiger partial charge in [-0.2, -0.15) is 0 Å². The Morgan fingerprint density at radius 1 is 1.57 bits per heavy atom. The van der Waals surface area contributed by atoms with Crippen molar-refractivity contribution in [3.05, 3.63) is 12.7 Å². The van der Waals surface area contributed by atoms with Crippen molar-refractivity contribution in [2.75, 3.05) is 32.8 Å². The average molecular weight is 198 g/mol. The highest BCUT2D eigenvalue weighted by atomic mass is 16.5. The van der Waals surface area contributed by atoms with Gasteiger partial charge in [-0.05, 0) is 19.3 Å². The minimum atomic E-state index is 0.572. The molecular formula is C11H22N2O. The van der Waals surface area contributed by atoms with Gasteiger partial charge in [0.05, 0.1) is 6.61 Å². The quantitative estimate of drug-likeness (QED) is 0.468. The summed E-state index contributed by atoms with van der Waals surface area (Å²) in [5.74, 6) is 0.703. The van der Waals surface area contributed by atoms with E-state index in [-0.39, 0.29) is 0 Å². The van der Waals surface area contributed by atoms with E-state index in [9.17, 15) is 0 Å². The SMILES string of the molecule is C=CCNCCNC(C)C1CCOC1. The van der Waals surface area contributed by atoms with Gasteiger partial charge in [0.25, 0.3) is 0 Å². The first-order valence-corrected chi connectivity index (χ1v) is 5.47. The van der Waals surface area contributed by atoms with Crippen LogP contribution in [0.1, 0.15) is 13.3 Å². The van der Waals surface area contributed by atoms with Gasteiger partial charge in [-0.15, -0.1) is 6.58 Å². The molecule has 0 aromatic rings. The number of hydrogen-bond acceptors (Lipinski definition) is 3. The molecule has 3 nitrogen and oxygen atoms in total. The lowest BCUT2D eigenvalue weighted by Crippen LogP contribution is -2.38. The van der Waals surface area contributed by atoms with E-state index >= 15 is 0 Å². The lowest BCUT2D eigenvalue weighted by molar-refractivity contribution is 0.178. The van der Waals surface area contributed by atoms with Crippen LogP contribution in [0.2, 0.25) is 0 Å². The van der Waals surface area contributed by atoms with Crippen molar-refractivity contribution in [2.24, 2.45) is 5.92 Å². The Balaban J connectivity index is 1.96. The molecule has 0 aliphatic carbocycles. The predicted molar refractivity (Wildman–Crippen MR) is 59.5 cm³/mol. The van der Waals surface area contributed by atoms with E-state index in [4.69, 9.17) is 4.74 Å². The molecule has 2 atom stereocenters. The summed E-state index contributed by atoms with van der Waals surface area (Å²) in [6.45, 7) is 10.7. The summed E-state index contributed by atoms with van der Waals surface area (Å²) in [6.07, 6.45) is 3.09. The molecule has 0 saturated carbocycles. The highest BCUT2D eigenvalue weighted by Gasteiger charge is 2.21. The van der Waals surface area contributed by atoms with E-state index in [1.54, 1.807) is 0 Å². The van der Waals surface area contributed by atoms with Gasteiger partial charge in [0.2, 0.25) is 0 Å². The second-order valence-electron chi connectivity index (χ2n) is 3.86. The Labute approximate surface area is 86.9 Å². The maximum atomic E-state index is 5.35. The minimum absolute atomic E-state index is 0.572. The van der Waals surface area contributed by atoms with E-state index in [1.807, 2.05) is 6.08 Å². The van der Waals surface area contributed by atoms with Gasteiger partial charge in [-0.3, -0.25) is 0 Å². The number of nitrogens with one attached hydrogen (secondary N) is 2. The molecule has 0 bridgehead atoms. The Bertz CT molecular complexity index is 155. The first-order valence-electron chi connectivity index (χ1n) is 5.47. The van der Waals surface area contributed by atoms with Crippen LogP contribution in [0.15, 0.2) is 12.7 Å². The largest absolute Gasteiger partial charge is 0.381 e. The van der Waals surface area contributed by atoms with Gasteiger partial charge in [0.1, 0.15) is 0 Å².